The number of halogens is 1. The van der Waals surface area contributed by atoms with Gasteiger partial charge in [-0.05, 0) is 37.8 Å². The topological polar surface area (TPSA) is 41.6 Å². The fourth-order valence-electron chi connectivity index (χ4n) is 2.96. The first kappa shape index (κ1) is 15.8. The second-order valence-corrected chi connectivity index (χ2v) is 7.16. The molecule has 2 aliphatic rings. The monoisotopic (exact) mass is 366 g/mol. The highest BCUT2D eigenvalue weighted by Gasteiger charge is 2.35. The fourth-order valence-corrected chi connectivity index (χ4v) is 3.59. The highest BCUT2D eigenvalue weighted by atomic mass is 79.9. The van der Waals surface area contributed by atoms with Gasteiger partial charge in [0.2, 0.25) is 0 Å². The van der Waals surface area contributed by atoms with E-state index in [2.05, 4.69) is 21.2 Å². The van der Waals surface area contributed by atoms with E-state index in [0.717, 1.165) is 49.1 Å². The maximum Gasteiger partial charge on any atom is 0.318 e. The van der Waals surface area contributed by atoms with Crippen molar-refractivity contribution in [3.8, 4) is 0 Å². The normalized spacial score (nSPS) is 22.4. The summed E-state index contributed by atoms with van der Waals surface area (Å²) in [6.45, 7) is 4.47. The molecule has 5 heteroatoms. The van der Waals surface area contributed by atoms with Crippen LogP contribution in [0.25, 0.3) is 0 Å². The van der Waals surface area contributed by atoms with E-state index >= 15 is 0 Å². The molecule has 4 nitrogen and oxygen atoms in total. The van der Waals surface area contributed by atoms with Gasteiger partial charge in [0.05, 0.1) is 12.6 Å². The molecule has 2 unspecified atom stereocenters. The maximum atomic E-state index is 12.7. The summed E-state index contributed by atoms with van der Waals surface area (Å²) in [7, 11) is 0. The maximum absolute atomic E-state index is 12.7. The molecular weight excluding hydrogens is 344 g/mol. The Morgan fingerprint density at radius 1 is 1.41 bits per heavy atom. The van der Waals surface area contributed by atoms with Crippen LogP contribution in [0.2, 0.25) is 0 Å². The van der Waals surface area contributed by atoms with Gasteiger partial charge in [0.15, 0.2) is 0 Å². The van der Waals surface area contributed by atoms with E-state index in [1.807, 2.05) is 36.1 Å². The Balaban J connectivity index is 1.62. The average molecular weight is 367 g/mol. The van der Waals surface area contributed by atoms with E-state index in [1.165, 1.54) is 0 Å². The number of ether oxygens (including phenoxy) is 1. The van der Waals surface area contributed by atoms with Gasteiger partial charge < -0.3 is 15.0 Å². The van der Waals surface area contributed by atoms with Crippen molar-refractivity contribution in [1.29, 1.82) is 0 Å². The van der Waals surface area contributed by atoms with Gasteiger partial charge in [-0.1, -0.05) is 34.1 Å². The molecule has 1 aliphatic heterocycles. The highest BCUT2D eigenvalue weighted by Crippen LogP contribution is 2.30. The van der Waals surface area contributed by atoms with E-state index in [0.29, 0.717) is 12.0 Å². The molecule has 2 amide bonds. The largest absolute Gasteiger partial charge is 0.381 e. The molecule has 0 aromatic heterocycles. The Hall–Kier alpha value is -1.07. The van der Waals surface area contributed by atoms with Crippen LogP contribution in [0.3, 0.4) is 0 Å². The number of amides is 2. The molecule has 0 radical (unpaired) electrons. The van der Waals surface area contributed by atoms with Crippen molar-refractivity contribution in [2.45, 2.75) is 38.3 Å². The van der Waals surface area contributed by atoms with Crippen LogP contribution in [0.1, 0.15) is 37.8 Å². The lowest BCUT2D eigenvalue weighted by Crippen LogP contribution is -2.44. The number of urea groups is 1. The molecule has 1 aliphatic carbocycles. The average Bonchev–Trinajstić information content (AvgIpc) is 3.21. The minimum atomic E-state index is -0.0100. The van der Waals surface area contributed by atoms with Gasteiger partial charge in [0.25, 0.3) is 0 Å². The molecular formula is C17H23BrN2O2. The molecule has 0 bridgehead atoms. The third-order valence-corrected chi connectivity index (χ3v) is 5.16. The van der Waals surface area contributed by atoms with Crippen LogP contribution in [0.5, 0.6) is 0 Å². The van der Waals surface area contributed by atoms with Crippen LogP contribution in [0.4, 0.5) is 4.79 Å². The summed E-state index contributed by atoms with van der Waals surface area (Å²) in [6.07, 6.45) is 3.32. The number of benzene rings is 1. The molecule has 1 aromatic rings. The van der Waals surface area contributed by atoms with Crippen LogP contribution in [-0.4, -0.2) is 36.7 Å². The summed E-state index contributed by atoms with van der Waals surface area (Å²) < 4.78 is 6.47. The van der Waals surface area contributed by atoms with Crippen molar-refractivity contribution in [2.75, 3.05) is 19.8 Å². The number of hydrogen-bond donors (Lipinski definition) is 1. The Morgan fingerprint density at radius 3 is 2.82 bits per heavy atom. The van der Waals surface area contributed by atoms with Crippen LogP contribution in [0.15, 0.2) is 28.7 Å². The Morgan fingerprint density at radius 2 is 2.18 bits per heavy atom. The molecule has 1 saturated carbocycles. The first-order valence-corrected chi connectivity index (χ1v) is 8.83. The van der Waals surface area contributed by atoms with Crippen LogP contribution in [-0.2, 0) is 4.74 Å². The molecule has 1 aromatic carbocycles. The van der Waals surface area contributed by atoms with Crippen molar-refractivity contribution in [3.05, 3.63) is 34.3 Å². The SMILES string of the molecule is CC(NC(=O)N(CC1CCOC1)C1CC1)c1ccccc1Br. The highest BCUT2D eigenvalue weighted by molar-refractivity contribution is 9.10. The zero-order chi connectivity index (χ0) is 15.5. The van der Waals surface area contributed by atoms with Gasteiger partial charge in [-0.25, -0.2) is 4.79 Å². The van der Waals surface area contributed by atoms with Crippen LogP contribution < -0.4 is 5.32 Å². The van der Waals surface area contributed by atoms with Gasteiger partial charge in [-0.3, -0.25) is 0 Å². The van der Waals surface area contributed by atoms with Crippen molar-refractivity contribution in [1.82, 2.24) is 10.2 Å². The third-order valence-electron chi connectivity index (χ3n) is 4.44. The lowest BCUT2D eigenvalue weighted by Gasteiger charge is -2.27. The van der Waals surface area contributed by atoms with E-state index in [4.69, 9.17) is 4.74 Å². The summed E-state index contributed by atoms with van der Waals surface area (Å²) in [5, 5.41) is 3.15. The number of rotatable bonds is 5. The zero-order valence-corrected chi connectivity index (χ0v) is 14.5. The summed E-state index contributed by atoms with van der Waals surface area (Å²) in [6, 6.07) is 8.50. The molecule has 0 spiro atoms. The third kappa shape index (κ3) is 3.82. The van der Waals surface area contributed by atoms with Crippen LogP contribution in [0, 0.1) is 5.92 Å². The van der Waals surface area contributed by atoms with Crippen molar-refractivity contribution in [3.63, 3.8) is 0 Å². The Bertz CT molecular complexity index is 527. The van der Waals surface area contributed by atoms with E-state index < -0.39 is 0 Å². The summed E-state index contributed by atoms with van der Waals surface area (Å²) in [5.74, 6) is 0.491. The number of nitrogens with zero attached hydrogens (tertiary/aromatic N) is 1. The minimum Gasteiger partial charge on any atom is -0.381 e. The smallest absolute Gasteiger partial charge is 0.318 e. The Kier molecular flexibility index (Phi) is 5.03. The van der Waals surface area contributed by atoms with Gasteiger partial charge in [0.1, 0.15) is 0 Å². The first-order valence-electron chi connectivity index (χ1n) is 8.04. The quantitative estimate of drug-likeness (QED) is 0.862. The summed E-state index contributed by atoms with van der Waals surface area (Å²) in [5.41, 5.74) is 1.11. The number of carbonyl (C=O) groups excluding carboxylic acids is 1. The summed E-state index contributed by atoms with van der Waals surface area (Å²) >= 11 is 3.55. The number of hydrogen-bond acceptors (Lipinski definition) is 2. The molecule has 2 fully saturated rings. The molecule has 22 heavy (non-hydrogen) atoms. The molecule has 3 rings (SSSR count). The fraction of sp³-hybridized carbons (Fsp3) is 0.588. The molecule has 1 N–H and O–H groups in total. The first-order chi connectivity index (χ1) is 10.6. The van der Waals surface area contributed by atoms with Crippen molar-refractivity contribution in [2.24, 2.45) is 5.92 Å². The molecule has 1 saturated heterocycles. The van der Waals surface area contributed by atoms with E-state index in [9.17, 15) is 4.79 Å². The van der Waals surface area contributed by atoms with Gasteiger partial charge in [-0.15, -0.1) is 0 Å². The minimum absolute atomic E-state index is 0.0100. The van der Waals surface area contributed by atoms with Gasteiger partial charge in [0, 0.05) is 29.6 Å². The van der Waals surface area contributed by atoms with Crippen molar-refractivity contribution >= 4 is 22.0 Å². The summed E-state index contributed by atoms with van der Waals surface area (Å²) in [4.78, 5) is 14.7. The van der Waals surface area contributed by atoms with Crippen LogP contribution >= 0.6 is 15.9 Å². The van der Waals surface area contributed by atoms with Crippen molar-refractivity contribution < 1.29 is 9.53 Å². The number of nitrogens with one attached hydrogen (secondary N) is 1. The lowest BCUT2D eigenvalue weighted by molar-refractivity contribution is 0.160. The van der Waals surface area contributed by atoms with Gasteiger partial charge in [-0.2, -0.15) is 0 Å². The molecule has 120 valence electrons. The predicted octanol–water partition coefficient (Wildman–Crippen LogP) is 3.72. The standard InChI is InChI=1S/C17H23BrN2O2/c1-12(15-4-2-3-5-16(15)18)19-17(21)20(14-6-7-14)10-13-8-9-22-11-13/h2-5,12-14H,6-11H2,1H3,(H,19,21). The van der Waals surface area contributed by atoms with Gasteiger partial charge >= 0.3 is 6.03 Å². The molecule has 2 atom stereocenters. The second-order valence-electron chi connectivity index (χ2n) is 6.31. The number of carbonyl (C=O) groups is 1. The van der Waals surface area contributed by atoms with E-state index in [1.54, 1.807) is 0 Å². The molecule has 1 heterocycles. The van der Waals surface area contributed by atoms with E-state index in [-0.39, 0.29) is 12.1 Å². The predicted molar refractivity (Wildman–Crippen MR) is 89.7 cm³/mol. The second kappa shape index (κ2) is 7.01. The lowest BCUT2D eigenvalue weighted by atomic mass is 10.1. The Labute approximate surface area is 140 Å². The zero-order valence-electron chi connectivity index (χ0n) is 12.9.